The van der Waals surface area contributed by atoms with Gasteiger partial charge in [-0.25, -0.2) is 8.42 Å². The number of rotatable bonds is 3. The molecule has 0 aliphatic carbocycles. The van der Waals surface area contributed by atoms with Crippen molar-refractivity contribution in [3.05, 3.63) is 29.3 Å². The molecule has 2 rings (SSSR count). The van der Waals surface area contributed by atoms with E-state index in [1.165, 1.54) is 6.07 Å². The molecule has 1 aromatic rings. The molecule has 1 atom stereocenters. The van der Waals surface area contributed by atoms with E-state index in [1.807, 2.05) is 4.90 Å². The third kappa shape index (κ3) is 3.40. The highest BCUT2D eigenvalue weighted by Crippen LogP contribution is 2.27. The molecule has 0 spiro atoms. The Labute approximate surface area is 130 Å². The van der Waals surface area contributed by atoms with Gasteiger partial charge in [0.1, 0.15) is 0 Å². The van der Waals surface area contributed by atoms with Crippen LogP contribution in [0.3, 0.4) is 0 Å². The Morgan fingerprint density at radius 2 is 2.05 bits per heavy atom. The van der Waals surface area contributed by atoms with E-state index >= 15 is 0 Å². The summed E-state index contributed by atoms with van der Waals surface area (Å²) in [7, 11) is 1.59. The Morgan fingerprint density at radius 1 is 1.38 bits per heavy atom. The van der Waals surface area contributed by atoms with Crippen molar-refractivity contribution in [3.63, 3.8) is 0 Å². The first kappa shape index (κ1) is 16.3. The maximum atomic E-state index is 12.6. The molecule has 0 saturated carbocycles. The number of hydrogen-bond acceptors (Lipinski definition) is 3. The number of aryl methyl sites for hydroxylation is 1. The van der Waals surface area contributed by atoms with Crippen LogP contribution in [0.4, 0.5) is 0 Å². The van der Waals surface area contributed by atoms with Gasteiger partial charge in [-0.1, -0.05) is 19.9 Å². The highest BCUT2D eigenvalue weighted by Gasteiger charge is 2.31. The lowest BCUT2D eigenvalue weighted by atomic mass is 10.0. The first-order valence-electron chi connectivity index (χ1n) is 7.08. The van der Waals surface area contributed by atoms with Gasteiger partial charge in [0.2, 0.25) is 0 Å². The fourth-order valence-corrected chi connectivity index (χ4v) is 4.12. The fraction of sp³-hybridized carbons (Fsp3) is 0.533. The van der Waals surface area contributed by atoms with Crippen molar-refractivity contribution in [3.8, 4) is 0 Å². The number of nitrogens with zero attached hydrogens (tertiary/aromatic N) is 1. The summed E-state index contributed by atoms with van der Waals surface area (Å²) in [5.74, 6) is 0.269. The molecule has 1 aliphatic heterocycles. The number of benzene rings is 1. The lowest BCUT2D eigenvalue weighted by molar-refractivity contribution is 0.0701. The molecule has 1 saturated heterocycles. The largest absolute Gasteiger partial charge is 0.335 e. The lowest BCUT2D eigenvalue weighted by Gasteiger charge is -2.28. The average molecular weight is 330 g/mol. The van der Waals surface area contributed by atoms with Crippen molar-refractivity contribution in [1.82, 2.24) is 4.90 Å². The Balaban J connectivity index is 2.36. The second kappa shape index (κ2) is 5.97. The summed E-state index contributed by atoms with van der Waals surface area (Å²) >= 11 is 0. The summed E-state index contributed by atoms with van der Waals surface area (Å²) in [6, 6.07) is 4.90. The van der Waals surface area contributed by atoms with Gasteiger partial charge in [0.15, 0.2) is 0 Å². The third-order valence-electron chi connectivity index (χ3n) is 4.03. The van der Waals surface area contributed by atoms with Gasteiger partial charge in [-0.3, -0.25) is 4.79 Å². The molecule has 1 heterocycles. The quantitative estimate of drug-likeness (QED) is 0.800. The number of hydrogen-bond donors (Lipinski definition) is 0. The van der Waals surface area contributed by atoms with Crippen LogP contribution in [0.15, 0.2) is 23.1 Å². The molecule has 21 heavy (non-hydrogen) atoms. The van der Waals surface area contributed by atoms with Crippen LogP contribution in [0.5, 0.6) is 0 Å². The van der Waals surface area contributed by atoms with E-state index in [0.29, 0.717) is 17.0 Å². The van der Waals surface area contributed by atoms with Crippen LogP contribution in [0.1, 0.15) is 42.6 Å². The van der Waals surface area contributed by atoms with E-state index < -0.39 is 9.05 Å². The Kier molecular flexibility index (Phi) is 4.63. The number of halogens is 1. The summed E-state index contributed by atoms with van der Waals surface area (Å²) in [6.07, 6.45) is 1.98. The molecule has 1 amide bonds. The first-order chi connectivity index (χ1) is 9.71. The van der Waals surface area contributed by atoms with E-state index in [1.54, 1.807) is 19.1 Å². The summed E-state index contributed by atoms with van der Waals surface area (Å²) < 4.78 is 23.1. The highest BCUT2D eigenvalue weighted by atomic mass is 35.7. The van der Waals surface area contributed by atoms with Gasteiger partial charge < -0.3 is 4.90 Å². The predicted octanol–water partition coefficient (Wildman–Crippen LogP) is 3.18. The van der Waals surface area contributed by atoms with Crippen molar-refractivity contribution < 1.29 is 13.2 Å². The maximum Gasteiger partial charge on any atom is 0.261 e. The van der Waals surface area contributed by atoms with E-state index in [2.05, 4.69) is 13.8 Å². The second-order valence-electron chi connectivity index (χ2n) is 5.87. The Bertz CT molecular complexity index is 655. The van der Waals surface area contributed by atoms with Gasteiger partial charge in [-0.2, -0.15) is 0 Å². The smallest absolute Gasteiger partial charge is 0.261 e. The Hall–Kier alpha value is -1.07. The molecule has 0 N–H and O–H groups in total. The van der Waals surface area contributed by atoms with Crippen LogP contribution in [-0.2, 0) is 9.05 Å². The lowest BCUT2D eigenvalue weighted by Crippen LogP contribution is -2.38. The van der Waals surface area contributed by atoms with Crippen molar-refractivity contribution in [2.75, 3.05) is 6.54 Å². The van der Waals surface area contributed by atoms with Crippen LogP contribution in [-0.4, -0.2) is 31.8 Å². The molecule has 0 radical (unpaired) electrons. The minimum atomic E-state index is -3.84. The normalized spacial score (nSPS) is 19.3. The third-order valence-corrected chi connectivity index (χ3v) is 5.49. The molecule has 1 unspecified atom stereocenters. The summed E-state index contributed by atoms with van der Waals surface area (Å²) in [4.78, 5) is 14.5. The van der Waals surface area contributed by atoms with Crippen LogP contribution < -0.4 is 0 Å². The summed E-state index contributed by atoms with van der Waals surface area (Å²) in [6.45, 7) is 6.58. The van der Waals surface area contributed by atoms with Gasteiger partial charge in [-0.05, 0) is 43.4 Å². The summed E-state index contributed by atoms with van der Waals surface area (Å²) in [5, 5.41) is 0. The average Bonchev–Trinajstić information content (AvgIpc) is 2.86. The minimum Gasteiger partial charge on any atom is -0.335 e. The zero-order valence-corrected chi connectivity index (χ0v) is 14.0. The van der Waals surface area contributed by atoms with Crippen LogP contribution in [0.25, 0.3) is 0 Å². The van der Waals surface area contributed by atoms with E-state index in [4.69, 9.17) is 10.7 Å². The van der Waals surface area contributed by atoms with Crippen LogP contribution in [0, 0.1) is 12.8 Å². The molecule has 4 nitrogen and oxygen atoms in total. The maximum absolute atomic E-state index is 12.6. The van der Waals surface area contributed by atoms with E-state index in [0.717, 1.165) is 19.4 Å². The first-order valence-corrected chi connectivity index (χ1v) is 9.39. The standard InChI is InChI=1S/C15H20ClNO3S/c1-10(2)13-5-4-8-17(13)15(18)12-7-6-11(3)14(9-12)21(16,19)20/h6-7,9-10,13H,4-5,8H2,1-3H3. The minimum absolute atomic E-state index is 0.00955. The molecule has 6 heteroatoms. The van der Waals surface area contributed by atoms with Gasteiger partial charge in [0.05, 0.1) is 4.90 Å². The van der Waals surface area contributed by atoms with E-state index in [-0.39, 0.29) is 16.8 Å². The Morgan fingerprint density at radius 3 is 2.62 bits per heavy atom. The molecule has 116 valence electrons. The second-order valence-corrected chi connectivity index (χ2v) is 8.40. The monoisotopic (exact) mass is 329 g/mol. The zero-order valence-electron chi connectivity index (χ0n) is 12.5. The van der Waals surface area contributed by atoms with Crippen molar-refractivity contribution >= 4 is 25.6 Å². The van der Waals surface area contributed by atoms with Crippen LogP contribution in [0.2, 0.25) is 0 Å². The van der Waals surface area contributed by atoms with Crippen molar-refractivity contribution in [2.24, 2.45) is 5.92 Å². The number of amides is 1. The number of carbonyl (C=O) groups excluding carboxylic acids is 1. The summed E-state index contributed by atoms with van der Waals surface area (Å²) in [5.41, 5.74) is 0.927. The van der Waals surface area contributed by atoms with Crippen LogP contribution >= 0.6 is 10.7 Å². The SMILES string of the molecule is Cc1ccc(C(=O)N2CCCC2C(C)C)cc1S(=O)(=O)Cl. The molecule has 1 aliphatic rings. The van der Waals surface area contributed by atoms with Gasteiger partial charge in [0, 0.05) is 28.8 Å². The van der Waals surface area contributed by atoms with Gasteiger partial charge in [-0.15, -0.1) is 0 Å². The molecule has 0 aromatic heterocycles. The molecule has 0 bridgehead atoms. The van der Waals surface area contributed by atoms with Crippen molar-refractivity contribution in [1.29, 1.82) is 0 Å². The molecule has 1 aromatic carbocycles. The fourth-order valence-electron chi connectivity index (χ4n) is 2.90. The van der Waals surface area contributed by atoms with Gasteiger partial charge >= 0.3 is 0 Å². The molecule has 1 fully saturated rings. The predicted molar refractivity (Wildman–Crippen MR) is 83.1 cm³/mol. The molecular formula is C15H20ClNO3S. The molecular weight excluding hydrogens is 310 g/mol. The highest BCUT2D eigenvalue weighted by molar-refractivity contribution is 8.13. The number of carbonyl (C=O) groups is 1. The topological polar surface area (TPSA) is 54.5 Å². The van der Waals surface area contributed by atoms with Gasteiger partial charge in [0.25, 0.3) is 15.0 Å². The van der Waals surface area contributed by atoms with Crippen molar-refractivity contribution in [2.45, 2.75) is 44.6 Å². The van der Waals surface area contributed by atoms with E-state index in [9.17, 15) is 13.2 Å². The zero-order chi connectivity index (χ0) is 15.8. The number of likely N-dealkylation sites (tertiary alicyclic amines) is 1.